The Kier molecular flexibility index (Phi) is 4.71. The van der Waals surface area contributed by atoms with Crippen molar-refractivity contribution in [3.05, 3.63) is 72.2 Å². The fourth-order valence-electron chi connectivity index (χ4n) is 2.71. The minimum Gasteiger partial charge on any atom is -0.450 e. The average molecular weight is 383 g/mol. The van der Waals surface area contributed by atoms with Crippen LogP contribution in [0.2, 0.25) is 0 Å². The molecule has 0 amide bonds. The number of halogens is 2. The second-order valence-electron chi connectivity index (χ2n) is 5.98. The fraction of sp³-hybridized carbons (Fsp3) is 0.105. The molecule has 0 aliphatic carbocycles. The molecule has 1 aliphatic heterocycles. The summed E-state index contributed by atoms with van der Waals surface area (Å²) in [5.41, 5.74) is 7.09. The third kappa shape index (κ3) is 3.83. The number of hydrogen-bond acceptors (Lipinski definition) is 7. The van der Waals surface area contributed by atoms with Crippen molar-refractivity contribution in [3.8, 4) is 17.1 Å². The zero-order chi connectivity index (χ0) is 19.5. The summed E-state index contributed by atoms with van der Waals surface area (Å²) in [5, 5.41) is 4.04. The van der Waals surface area contributed by atoms with Gasteiger partial charge in [0.05, 0.1) is 12.1 Å². The molecule has 3 heterocycles. The maximum Gasteiger partial charge on any atom is 0.270 e. The average Bonchev–Trinajstić information content (AvgIpc) is 3.11. The summed E-state index contributed by atoms with van der Waals surface area (Å²) in [5.74, 6) is -0.611. The summed E-state index contributed by atoms with van der Waals surface area (Å²) in [6.07, 6.45) is 5.77. The predicted molar refractivity (Wildman–Crippen MR) is 98.1 cm³/mol. The molecule has 0 bridgehead atoms. The highest BCUT2D eigenvalue weighted by atomic mass is 19.1. The van der Waals surface area contributed by atoms with Gasteiger partial charge in [0.25, 0.3) is 6.35 Å². The lowest BCUT2D eigenvalue weighted by Crippen LogP contribution is -2.35. The largest absolute Gasteiger partial charge is 0.450 e. The maximum atomic E-state index is 13.4. The number of nitrogens with zero attached hydrogens (tertiary/aromatic N) is 4. The number of nitrogens with two attached hydrogens (primary N) is 1. The summed E-state index contributed by atoms with van der Waals surface area (Å²) in [7, 11) is 0. The molecule has 0 radical (unpaired) electrons. The summed E-state index contributed by atoms with van der Waals surface area (Å²) in [6.45, 7) is 0.292. The smallest absolute Gasteiger partial charge is 0.270 e. The Balaban J connectivity index is 1.51. The fourth-order valence-corrected chi connectivity index (χ4v) is 2.71. The van der Waals surface area contributed by atoms with Crippen molar-refractivity contribution in [1.82, 2.24) is 15.0 Å². The van der Waals surface area contributed by atoms with Crippen LogP contribution in [0, 0.1) is 11.6 Å². The van der Waals surface area contributed by atoms with Crippen LogP contribution in [0.15, 0.2) is 64.4 Å². The number of anilines is 1. The van der Waals surface area contributed by atoms with Gasteiger partial charge in [0.1, 0.15) is 28.9 Å². The van der Waals surface area contributed by atoms with Crippen LogP contribution in [0.25, 0.3) is 11.3 Å². The molecule has 1 unspecified atom stereocenters. The van der Waals surface area contributed by atoms with Crippen molar-refractivity contribution in [2.24, 2.45) is 4.99 Å². The van der Waals surface area contributed by atoms with Gasteiger partial charge in [-0.1, -0.05) is 5.16 Å². The van der Waals surface area contributed by atoms with E-state index in [0.29, 0.717) is 29.4 Å². The van der Waals surface area contributed by atoms with E-state index < -0.39 is 18.0 Å². The molecule has 7 nitrogen and oxygen atoms in total. The van der Waals surface area contributed by atoms with Crippen LogP contribution in [-0.4, -0.2) is 27.6 Å². The van der Waals surface area contributed by atoms with E-state index in [9.17, 15) is 8.78 Å². The Hall–Kier alpha value is -3.75. The van der Waals surface area contributed by atoms with Crippen LogP contribution in [-0.2, 0) is 6.54 Å². The molecule has 142 valence electrons. The summed E-state index contributed by atoms with van der Waals surface area (Å²) in [6, 6.07) is 8.22. The zero-order valence-corrected chi connectivity index (χ0v) is 14.5. The molecule has 2 aromatic heterocycles. The molecule has 0 spiro atoms. The SMILES string of the molecule is Nc1ncccc1-c1cc(CN2C=CC=NC2Oc2cc(F)cc(F)c2)no1. The number of benzene rings is 1. The highest BCUT2D eigenvalue weighted by molar-refractivity contribution is 5.72. The first kappa shape index (κ1) is 17.7. The number of aliphatic imine (C=N–C) groups is 1. The summed E-state index contributed by atoms with van der Waals surface area (Å²) >= 11 is 0. The number of hydrogen-bond donors (Lipinski definition) is 1. The Morgan fingerprint density at radius 1 is 1.18 bits per heavy atom. The molecule has 0 fully saturated rings. The van der Waals surface area contributed by atoms with Crippen LogP contribution in [0.4, 0.5) is 14.6 Å². The van der Waals surface area contributed by atoms with Crippen LogP contribution in [0.1, 0.15) is 5.69 Å². The van der Waals surface area contributed by atoms with E-state index in [-0.39, 0.29) is 5.75 Å². The molecule has 9 heteroatoms. The molecule has 4 rings (SSSR count). The van der Waals surface area contributed by atoms with Crippen LogP contribution >= 0.6 is 0 Å². The van der Waals surface area contributed by atoms with Gasteiger partial charge in [-0.25, -0.2) is 18.8 Å². The zero-order valence-electron chi connectivity index (χ0n) is 14.5. The van der Waals surface area contributed by atoms with E-state index in [1.54, 1.807) is 47.8 Å². The van der Waals surface area contributed by atoms with E-state index in [1.807, 2.05) is 0 Å². The van der Waals surface area contributed by atoms with Gasteiger partial charge in [-0.05, 0) is 18.2 Å². The first-order valence-corrected chi connectivity index (χ1v) is 8.33. The third-order valence-electron chi connectivity index (χ3n) is 3.95. The van der Waals surface area contributed by atoms with E-state index >= 15 is 0 Å². The number of nitrogen functional groups attached to an aromatic ring is 1. The second-order valence-corrected chi connectivity index (χ2v) is 5.98. The van der Waals surface area contributed by atoms with Gasteiger partial charge in [0.15, 0.2) is 5.76 Å². The summed E-state index contributed by atoms with van der Waals surface area (Å²) in [4.78, 5) is 9.93. The van der Waals surface area contributed by atoms with Gasteiger partial charge in [-0.2, -0.15) is 0 Å². The summed E-state index contributed by atoms with van der Waals surface area (Å²) < 4.78 is 37.8. The highest BCUT2D eigenvalue weighted by Crippen LogP contribution is 2.26. The number of ether oxygens (including phenoxy) is 1. The molecule has 1 aromatic carbocycles. The second kappa shape index (κ2) is 7.47. The molecular weight excluding hydrogens is 368 g/mol. The molecular formula is C19H15F2N5O2. The van der Waals surface area contributed by atoms with Gasteiger partial charge < -0.3 is 19.9 Å². The Morgan fingerprint density at radius 2 is 2.00 bits per heavy atom. The van der Waals surface area contributed by atoms with Crippen molar-refractivity contribution in [2.45, 2.75) is 12.9 Å². The van der Waals surface area contributed by atoms with Gasteiger partial charge in [-0.15, -0.1) is 0 Å². The minimum atomic E-state index is -0.810. The van der Waals surface area contributed by atoms with Crippen molar-refractivity contribution >= 4 is 12.0 Å². The molecule has 3 aromatic rings. The van der Waals surface area contributed by atoms with E-state index in [1.165, 1.54) is 0 Å². The Labute approximate surface area is 158 Å². The Bertz CT molecular complexity index is 1030. The lowest BCUT2D eigenvalue weighted by Gasteiger charge is -2.28. The molecule has 1 aliphatic rings. The topological polar surface area (TPSA) is 89.8 Å². The monoisotopic (exact) mass is 383 g/mol. The van der Waals surface area contributed by atoms with Gasteiger partial charge in [-0.3, -0.25) is 0 Å². The molecule has 1 atom stereocenters. The van der Waals surface area contributed by atoms with Crippen LogP contribution < -0.4 is 10.5 Å². The Morgan fingerprint density at radius 3 is 2.79 bits per heavy atom. The normalized spacial score (nSPS) is 15.8. The highest BCUT2D eigenvalue weighted by Gasteiger charge is 2.21. The van der Waals surface area contributed by atoms with E-state index in [2.05, 4.69) is 15.1 Å². The number of pyridine rings is 1. The molecule has 28 heavy (non-hydrogen) atoms. The van der Waals surface area contributed by atoms with Crippen molar-refractivity contribution in [3.63, 3.8) is 0 Å². The standard InChI is InChI=1S/C19H15F2N5O2/c20-12-7-13(21)9-15(8-12)27-19-24-5-2-6-26(19)11-14-10-17(28-25-14)16-3-1-4-23-18(16)22/h1-10,19H,11H2,(H2,22,23). The number of rotatable bonds is 5. The van der Waals surface area contributed by atoms with Crippen LogP contribution in [0.3, 0.4) is 0 Å². The van der Waals surface area contributed by atoms with Crippen LogP contribution in [0.5, 0.6) is 5.75 Å². The molecule has 2 N–H and O–H groups in total. The minimum absolute atomic E-state index is 0.0314. The third-order valence-corrected chi connectivity index (χ3v) is 3.95. The maximum absolute atomic E-state index is 13.4. The van der Waals surface area contributed by atoms with Crippen molar-refractivity contribution < 1.29 is 18.0 Å². The van der Waals surface area contributed by atoms with Crippen molar-refractivity contribution in [2.75, 3.05) is 5.73 Å². The van der Waals surface area contributed by atoms with Gasteiger partial charge >= 0.3 is 0 Å². The number of allylic oxidation sites excluding steroid dienone is 1. The quantitative estimate of drug-likeness (QED) is 0.727. The lowest BCUT2D eigenvalue weighted by atomic mass is 10.2. The van der Waals surface area contributed by atoms with Crippen molar-refractivity contribution in [1.29, 1.82) is 0 Å². The van der Waals surface area contributed by atoms with E-state index in [0.717, 1.165) is 18.2 Å². The van der Waals surface area contributed by atoms with E-state index in [4.69, 9.17) is 15.0 Å². The predicted octanol–water partition coefficient (Wildman–Crippen LogP) is 3.36. The first-order valence-electron chi connectivity index (χ1n) is 8.33. The molecule has 0 saturated heterocycles. The van der Waals surface area contributed by atoms with Gasteiger partial charge in [0, 0.05) is 42.9 Å². The van der Waals surface area contributed by atoms with Gasteiger partial charge in [0.2, 0.25) is 0 Å². The molecule has 0 saturated carbocycles. The first-order chi connectivity index (χ1) is 13.6. The lowest BCUT2D eigenvalue weighted by molar-refractivity contribution is 0.0604. The number of aromatic nitrogens is 2.